The molecule has 13 heavy (non-hydrogen) atoms. The van der Waals surface area contributed by atoms with E-state index in [1.165, 1.54) is 5.56 Å². The summed E-state index contributed by atoms with van der Waals surface area (Å²) >= 11 is 0. The summed E-state index contributed by atoms with van der Waals surface area (Å²) in [6.45, 7) is 1.51. The molecule has 1 N–H and O–H groups in total. The highest BCUT2D eigenvalue weighted by Crippen LogP contribution is 2.37. The SMILES string of the molecule is c1ccc2c(c1)OCC1CONC21. The third kappa shape index (κ3) is 1.04. The van der Waals surface area contributed by atoms with Gasteiger partial charge < -0.3 is 9.57 Å². The summed E-state index contributed by atoms with van der Waals surface area (Å²) < 4.78 is 5.62. The largest absolute Gasteiger partial charge is 0.493 e. The Labute approximate surface area is 76.6 Å². The number of hydrogen-bond acceptors (Lipinski definition) is 3. The maximum absolute atomic E-state index is 5.62. The Bertz CT molecular complexity index is 326. The molecule has 2 aliphatic rings. The summed E-state index contributed by atoms with van der Waals surface area (Å²) in [6, 6.07) is 8.45. The Morgan fingerprint density at radius 3 is 3.15 bits per heavy atom. The van der Waals surface area contributed by atoms with Gasteiger partial charge in [-0.25, -0.2) is 0 Å². The Balaban J connectivity index is 2.06. The fourth-order valence-corrected chi connectivity index (χ4v) is 1.96. The Kier molecular flexibility index (Phi) is 1.54. The van der Waals surface area contributed by atoms with Gasteiger partial charge in [0.05, 0.1) is 19.3 Å². The van der Waals surface area contributed by atoms with Gasteiger partial charge in [0, 0.05) is 11.5 Å². The number of hydrogen-bond donors (Lipinski definition) is 1. The molecule has 0 amide bonds. The summed E-state index contributed by atoms with van der Waals surface area (Å²) in [4.78, 5) is 5.22. The molecule has 1 aromatic rings. The first-order valence-electron chi connectivity index (χ1n) is 4.54. The molecular weight excluding hydrogens is 166 g/mol. The molecule has 0 saturated carbocycles. The Morgan fingerprint density at radius 1 is 1.23 bits per heavy atom. The second kappa shape index (κ2) is 2.72. The van der Waals surface area contributed by atoms with Crippen LogP contribution in [0.4, 0.5) is 0 Å². The smallest absolute Gasteiger partial charge is 0.124 e. The van der Waals surface area contributed by atoms with Crippen molar-refractivity contribution in [2.75, 3.05) is 13.2 Å². The van der Waals surface area contributed by atoms with Crippen LogP contribution in [0.15, 0.2) is 24.3 Å². The van der Waals surface area contributed by atoms with Gasteiger partial charge in [-0.05, 0) is 6.07 Å². The van der Waals surface area contributed by atoms with Crippen molar-refractivity contribution < 1.29 is 9.57 Å². The van der Waals surface area contributed by atoms with Gasteiger partial charge in [-0.1, -0.05) is 18.2 Å². The molecule has 3 rings (SSSR count). The fourth-order valence-electron chi connectivity index (χ4n) is 1.96. The normalized spacial score (nSPS) is 30.5. The quantitative estimate of drug-likeness (QED) is 0.647. The molecule has 0 spiro atoms. The van der Waals surface area contributed by atoms with Gasteiger partial charge >= 0.3 is 0 Å². The lowest BCUT2D eigenvalue weighted by Gasteiger charge is -2.26. The Hall–Kier alpha value is -1.06. The van der Waals surface area contributed by atoms with Crippen molar-refractivity contribution in [3.8, 4) is 5.75 Å². The maximum Gasteiger partial charge on any atom is 0.124 e. The van der Waals surface area contributed by atoms with E-state index in [2.05, 4.69) is 11.5 Å². The zero-order valence-electron chi connectivity index (χ0n) is 7.19. The van der Waals surface area contributed by atoms with E-state index in [4.69, 9.17) is 9.57 Å². The first-order valence-corrected chi connectivity index (χ1v) is 4.54. The van der Waals surface area contributed by atoms with Crippen LogP contribution in [-0.4, -0.2) is 13.2 Å². The van der Waals surface area contributed by atoms with Crippen molar-refractivity contribution >= 4 is 0 Å². The van der Waals surface area contributed by atoms with Crippen LogP contribution in [0.2, 0.25) is 0 Å². The lowest BCUT2D eigenvalue weighted by atomic mass is 9.93. The summed E-state index contributed by atoms with van der Waals surface area (Å²) in [5.41, 5.74) is 4.25. The molecular formula is C10H11NO2. The Morgan fingerprint density at radius 2 is 2.15 bits per heavy atom. The van der Waals surface area contributed by atoms with Gasteiger partial charge in [-0.2, -0.15) is 5.48 Å². The fraction of sp³-hybridized carbons (Fsp3) is 0.400. The first kappa shape index (κ1) is 7.35. The standard InChI is InChI=1S/C10H11NO2/c1-2-4-9-8(3-1)10-7(5-12-9)6-13-11-10/h1-4,7,10-11H,5-6H2. The highest BCUT2D eigenvalue weighted by molar-refractivity contribution is 5.38. The molecule has 2 heterocycles. The molecule has 1 aromatic carbocycles. The zero-order chi connectivity index (χ0) is 8.67. The second-order valence-corrected chi connectivity index (χ2v) is 3.52. The van der Waals surface area contributed by atoms with Crippen LogP contribution >= 0.6 is 0 Å². The minimum absolute atomic E-state index is 0.324. The molecule has 2 unspecified atom stereocenters. The van der Waals surface area contributed by atoms with Crippen LogP contribution in [-0.2, 0) is 4.84 Å². The van der Waals surface area contributed by atoms with Crippen molar-refractivity contribution in [3.05, 3.63) is 29.8 Å². The topological polar surface area (TPSA) is 30.5 Å². The van der Waals surface area contributed by atoms with Gasteiger partial charge in [0.15, 0.2) is 0 Å². The van der Waals surface area contributed by atoms with Crippen LogP contribution in [0.5, 0.6) is 5.75 Å². The highest BCUT2D eigenvalue weighted by atomic mass is 16.7. The molecule has 68 valence electrons. The van der Waals surface area contributed by atoms with E-state index in [9.17, 15) is 0 Å². The molecule has 0 aliphatic carbocycles. The predicted octanol–water partition coefficient (Wildman–Crippen LogP) is 1.27. The molecule has 0 aromatic heterocycles. The van der Waals surface area contributed by atoms with E-state index in [-0.39, 0.29) is 0 Å². The number of ether oxygens (including phenoxy) is 1. The average Bonchev–Trinajstić information content (AvgIpc) is 2.65. The van der Waals surface area contributed by atoms with Crippen molar-refractivity contribution in [1.29, 1.82) is 0 Å². The minimum atomic E-state index is 0.324. The number of rotatable bonds is 0. The van der Waals surface area contributed by atoms with Gasteiger partial charge in [0.1, 0.15) is 5.75 Å². The minimum Gasteiger partial charge on any atom is -0.493 e. The first-order chi connectivity index (χ1) is 6.45. The zero-order valence-corrected chi connectivity index (χ0v) is 7.19. The average molecular weight is 177 g/mol. The molecule has 0 radical (unpaired) electrons. The van der Waals surface area contributed by atoms with Crippen molar-refractivity contribution in [2.24, 2.45) is 5.92 Å². The van der Waals surface area contributed by atoms with Crippen LogP contribution in [0.3, 0.4) is 0 Å². The van der Waals surface area contributed by atoms with Crippen molar-refractivity contribution in [3.63, 3.8) is 0 Å². The van der Waals surface area contributed by atoms with Crippen LogP contribution in [0, 0.1) is 5.92 Å². The van der Waals surface area contributed by atoms with E-state index in [1.54, 1.807) is 0 Å². The summed E-state index contributed by atoms with van der Waals surface area (Å²) in [5.74, 6) is 1.46. The molecule has 3 nitrogen and oxygen atoms in total. The lowest BCUT2D eigenvalue weighted by Crippen LogP contribution is -2.27. The molecule has 1 saturated heterocycles. The lowest BCUT2D eigenvalue weighted by molar-refractivity contribution is 0.0861. The van der Waals surface area contributed by atoms with Gasteiger partial charge in [0.2, 0.25) is 0 Å². The van der Waals surface area contributed by atoms with E-state index in [1.807, 2.05) is 18.2 Å². The molecule has 2 atom stereocenters. The molecule has 0 bridgehead atoms. The number of fused-ring (bicyclic) bond motifs is 3. The van der Waals surface area contributed by atoms with E-state index in [0.717, 1.165) is 19.0 Å². The van der Waals surface area contributed by atoms with E-state index >= 15 is 0 Å². The monoisotopic (exact) mass is 177 g/mol. The highest BCUT2D eigenvalue weighted by Gasteiger charge is 2.35. The molecule has 2 aliphatic heterocycles. The number of nitrogens with one attached hydrogen (secondary N) is 1. The second-order valence-electron chi connectivity index (χ2n) is 3.52. The molecule has 3 heteroatoms. The summed E-state index contributed by atoms with van der Waals surface area (Å²) in [6.07, 6.45) is 0. The van der Waals surface area contributed by atoms with Gasteiger partial charge in [-0.15, -0.1) is 0 Å². The maximum atomic E-state index is 5.62. The number of benzene rings is 1. The number of para-hydroxylation sites is 1. The molecule has 1 fully saturated rings. The van der Waals surface area contributed by atoms with Crippen molar-refractivity contribution in [2.45, 2.75) is 6.04 Å². The number of hydroxylamine groups is 1. The van der Waals surface area contributed by atoms with Crippen LogP contribution < -0.4 is 10.2 Å². The third-order valence-electron chi connectivity index (χ3n) is 2.69. The van der Waals surface area contributed by atoms with Crippen LogP contribution in [0.25, 0.3) is 0 Å². The summed E-state index contributed by atoms with van der Waals surface area (Å²) in [5, 5.41) is 0. The summed E-state index contributed by atoms with van der Waals surface area (Å²) in [7, 11) is 0. The predicted molar refractivity (Wildman–Crippen MR) is 47.3 cm³/mol. The van der Waals surface area contributed by atoms with Crippen molar-refractivity contribution in [1.82, 2.24) is 5.48 Å². The van der Waals surface area contributed by atoms with Gasteiger partial charge in [-0.3, -0.25) is 0 Å². The van der Waals surface area contributed by atoms with E-state index < -0.39 is 0 Å². The van der Waals surface area contributed by atoms with Crippen LogP contribution in [0.1, 0.15) is 11.6 Å². The van der Waals surface area contributed by atoms with E-state index in [0.29, 0.717) is 12.0 Å². The van der Waals surface area contributed by atoms with Gasteiger partial charge in [0.25, 0.3) is 0 Å². The third-order valence-corrected chi connectivity index (χ3v) is 2.69.